The minimum absolute atomic E-state index is 0.263. The summed E-state index contributed by atoms with van der Waals surface area (Å²) in [4.78, 5) is 17.8. The fraction of sp³-hybridized carbons (Fsp3) is 0.222. The average molecular weight is 356 g/mol. The third-order valence-corrected chi connectivity index (χ3v) is 4.73. The Kier molecular flexibility index (Phi) is 4.15. The maximum Gasteiger partial charge on any atom is 0.275 e. The van der Waals surface area contributed by atoms with E-state index in [1.165, 1.54) is 11.3 Å². The van der Waals surface area contributed by atoms with Gasteiger partial charge in [-0.2, -0.15) is 0 Å². The Bertz CT molecular complexity index is 902. The van der Waals surface area contributed by atoms with Crippen LogP contribution in [-0.2, 0) is 0 Å². The summed E-state index contributed by atoms with van der Waals surface area (Å²) in [6.07, 6.45) is 2.42. The molecule has 2 aromatic heterocycles. The van der Waals surface area contributed by atoms with Gasteiger partial charge in [-0.05, 0) is 31.2 Å². The second kappa shape index (κ2) is 6.60. The fourth-order valence-electron chi connectivity index (χ4n) is 2.54. The van der Waals surface area contributed by atoms with E-state index in [0.717, 1.165) is 11.3 Å². The fourth-order valence-corrected chi connectivity index (χ4v) is 3.42. The predicted molar refractivity (Wildman–Crippen MR) is 94.6 cm³/mol. The number of carbonyl (C=O) groups is 1. The minimum atomic E-state index is -0.263. The van der Waals surface area contributed by atoms with Crippen LogP contribution in [0.5, 0.6) is 11.5 Å². The quantitative estimate of drug-likeness (QED) is 0.764. The largest absolute Gasteiger partial charge is 0.490 e. The number of hydrogen-bond acceptors (Lipinski definition) is 6. The summed E-state index contributed by atoms with van der Waals surface area (Å²) in [6.45, 7) is 3.10. The molecule has 3 aromatic rings. The van der Waals surface area contributed by atoms with Crippen molar-refractivity contribution in [2.24, 2.45) is 0 Å². The first kappa shape index (κ1) is 15.7. The van der Waals surface area contributed by atoms with Gasteiger partial charge >= 0.3 is 0 Å². The molecule has 0 saturated carbocycles. The lowest BCUT2D eigenvalue weighted by atomic mass is 10.2. The molecule has 0 spiro atoms. The number of hydrogen-bond donors (Lipinski definition) is 1. The maximum absolute atomic E-state index is 12.6. The van der Waals surface area contributed by atoms with Gasteiger partial charge < -0.3 is 19.2 Å². The highest BCUT2D eigenvalue weighted by Crippen LogP contribution is 2.33. The average Bonchev–Trinajstić information content (AvgIpc) is 3.20. The lowest BCUT2D eigenvalue weighted by molar-refractivity contribution is 0.102. The van der Waals surface area contributed by atoms with Crippen LogP contribution >= 0.6 is 11.3 Å². The molecule has 0 saturated heterocycles. The van der Waals surface area contributed by atoms with Gasteiger partial charge in [0.15, 0.2) is 22.3 Å². The van der Waals surface area contributed by atoms with Crippen LogP contribution in [0, 0.1) is 6.92 Å². The van der Waals surface area contributed by atoms with E-state index in [2.05, 4.69) is 10.3 Å². The van der Waals surface area contributed by atoms with Gasteiger partial charge in [0.1, 0.15) is 5.69 Å². The Morgan fingerprint density at radius 3 is 2.84 bits per heavy atom. The highest BCUT2D eigenvalue weighted by atomic mass is 32.1. The van der Waals surface area contributed by atoms with E-state index in [0.29, 0.717) is 46.9 Å². The number of furan rings is 1. The molecular weight excluding hydrogens is 340 g/mol. The molecule has 1 aliphatic rings. The highest BCUT2D eigenvalue weighted by Gasteiger charge is 2.19. The molecule has 6 nitrogen and oxygen atoms in total. The van der Waals surface area contributed by atoms with Crippen molar-refractivity contribution in [1.82, 2.24) is 4.98 Å². The van der Waals surface area contributed by atoms with Crippen molar-refractivity contribution in [3.05, 3.63) is 47.2 Å². The van der Waals surface area contributed by atoms with Crippen LogP contribution in [0.25, 0.3) is 10.8 Å². The first-order chi connectivity index (χ1) is 12.2. The van der Waals surface area contributed by atoms with Crippen LogP contribution in [0.3, 0.4) is 0 Å². The molecule has 7 heteroatoms. The SMILES string of the molecule is Cc1sc(-c2ccco2)nc1C(=O)Nc1ccc2c(c1)OCCCO2. The summed E-state index contributed by atoms with van der Waals surface area (Å²) in [5.41, 5.74) is 1.03. The van der Waals surface area contributed by atoms with E-state index in [-0.39, 0.29) is 5.91 Å². The second-order valence-corrected chi connectivity index (χ2v) is 6.77. The number of nitrogens with zero attached hydrogens (tertiary/aromatic N) is 1. The Hall–Kier alpha value is -2.80. The number of amides is 1. The molecule has 1 aromatic carbocycles. The van der Waals surface area contributed by atoms with Crippen molar-refractivity contribution >= 4 is 22.9 Å². The monoisotopic (exact) mass is 356 g/mol. The molecule has 0 bridgehead atoms. The first-order valence-electron chi connectivity index (χ1n) is 7.93. The molecule has 1 aliphatic heterocycles. The van der Waals surface area contributed by atoms with Crippen molar-refractivity contribution in [1.29, 1.82) is 0 Å². The van der Waals surface area contributed by atoms with E-state index < -0.39 is 0 Å². The number of aromatic nitrogens is 1. The van der Waals surface area contributed by atoms with Gasteiger partial charge in [0.05, 0.1) is 19.5 Å². The van der Waals surface area contributed by atoms with Gasteiger partial charge in [-0.1, -0.05) is 0 Å². The molecule has 0 unspecified atom stereocenters. The minimum Gasteiger partial charge on any atom is -0.490 e. The summed E-state index contributed by atoms with van der Waals surface area (Å²) in [5, 5.41) is 3.55. The molecule has 0 radical (unpaired) electrons. The Morgan fingerprint density at radius 2 is 2.04 bits per heavy atom. The van der Waals surface area contributed by atoms with Gasteiger partial charge in [-0.3, -0.25) is 4.79 Å². The van der Waals surface area contributed by atoms with Crippen LogP contribution in [-0.4, -0.2) is 24.1 Å². The van der Waals surface area contributed by atoms with Crippen molar-refractivity contribution in [2.45, 2.75) is 13.3 Å². The van der Waals surface area contributed by atoms with E-state index in [1.807, 2.05) is 13.0 Å². The molecule has 0 fully saturated rings. The van der Waals surface area contributed by atoms with Crippen molar-refractivity contribution < 1.29 is 18.7 Å². The van der Waals surface area contributed by atoms with Gasteiger partial charge in [0, 0.05) is 23.1 Å². The van der Waals surface area contributed by atoms with Gasteiger partial charge in [0.2, 0.25) is 0 Å². The normalized spacial score (nSPS) is 13.3. The smallest absolute Gasteiger partial charge is 0.275 e. The van der Waals surface area contributed by atoms with Crippen LogP contribution in [0.1, 0.15) is 21.8 Å². The molecule has 25 heavy (non-hydrogen) atoms. The molecule has 0 aliphatic carbocycles. The third kappa shape index (κ3) is 3.23. The summed E-state index contributed by atoms with van der Waals surface area (Å²) in [6, 6.07) is 8.99. The van der Waals surface area contributed by atoms with Crippen LogP contribution in [0.15, 0.2) is 41.0 Å². The first-order valence-corrected chi connectivity index (χ1v) is 8.74. The lowest BCUT2D eigenvalue weighted by Gasteiger charge is -2.10. The summed E-state index contributed by atoms with van der Waals surface area (Å²) >= 11 is 1.43. The Morgan fingerprint density at radius 1 is 1.20 bits per heavy atom. The molecule has 4 rings (SSSR count). The zero-order valence-electron chi connectivity index (χ0n) is 13.6. The van der Waals surface area contributed by atoms with Crippen molar-refractivity contribution in [2.75, 3.05) is 18.5 Å². The molecule has 0 atom stereocenters. The van der Waals surface area contributed by atoms with Crippen LogP contribution in [0.4, 0.5) is 5.69 Å². The molecule has 1 N–H and O–H groups in total. The van der Waals surface area contributed by atoms with E-state index in [4.69, 9.17) is 13.9 Å². The lowest BCUT2D eigenvalue weighted by Crippen LogP contribution is -2.13. The summed E-state index contributed by atoms with van der Waals surface area (Å²) < 4.78 is 16.6. The number of benzene rings is 1. The van der Waals surface area contributed by atoms with E-state index >= 15 is 0 Å². The number of anilines is 1. The Balaban J connectivity index is 1.55. The number of carbonyl (C=O) groups excluding carboxylic acids is 1. The van der Waals surface area contributed by atoms with Gasteiger partial charge in [0.25, 0.3) is 5.91 Å². The standard InChI is InChI=1S/C18H16N2O4S/c1-11-16(20-18(25-11)14-4-2-7-23-14)17(21)19-12-5-6-13-15(10-12)24-9-3-8-22-13/h2,4-7,10H,3,8-9H2,1H3,(H,19,21). The summed E-state index contributed by atoms with van der Waals surface area (Å²) in [5.74, 6) is 1.73. The number of rotatable bonds is 3. The number of nitrogens with one attached hydrogen (secondary N) is 1. The van der Waals surface area contributed by atoms with Gasteiger partial charge in [-0.15, -0.1) is 11.3 Å². The van der Waals surface area contributed by atoms with E-state index in [1.54, 1.807) is 30.5 Å². The van der Waals surface area contributed by atoms with Crippen molar-refractivity contribution in [3.63, 3.8) is 0 Å². The zero-order valence-corrected chi connectivity index (χ0v) is 14.4. The molecular formula is C18H16N2O4S. The topological polar surface area (TPSA) is 73.6 Å². The van der Waals surface area contributed by atoms with Crippen molar-refractivity contribution in [3.8, 4) is 22.3 Å². The number of ether oxygens (including phenoxy) is 2. The van der Waals surface area contributed by atoms with E-state index in [9.17, 15) is 4.79 Å². The molecule has 128 valence electrons. The van der Waals surface area contributed by atoms with Gasteiger partial charge in [-0.25, -0.2) is 4.98 Å². The highest BCUT2D eigenvalue weighted by molar-refractivity contribution is 7.15. The summed E-state index contributed by atoms with van der Waals surface area (Å²) in [7, 11) is 0. The van der Waals surface area contributed by atoms with Crippen LogP contribution in [0.2, 0.25) is 0 Å². The number of fused-ring (bicyclic) bond motifs is 1. The maximum atomic E-state index is 12.6. The zero-order chi connectivity index (χ0) is 17.2. The van der Waals surface area contributed by atoms with Crippen LogP contribution < -0.4 is 14.8 Å². The Labute approximate surface area is 148 Å². The predicted octanol–water partition coefficient (Wildman–Crippen LogP) is 4.13. The number of aryl methyl sites for hydroxylation is 1. The molecule has 1 amide bonds. The molecule has 3 heterocycles. The third-order valence-electron chi connectivity index (χ3n) is 3.75. The number of thiazole rings is 1. The second-order valence-electron chi connectivity index (χ2n) is 5.57.